The molecule has 1 aromatic rings. The van der Waals surface area contributed by atoms with E-state index in [0.717, 1.165) is 10.0 Å². The molecule has 1 atom stereocenters. The van der Waals surface area contributed by atoms with Crippen molar-refractivity contribution in [3.8, 4) is 0 Å². The fourth-order valence-electron chi connectivity index (χ4n) is 1.94. The number of halogens is 1. The lowest BCUT2D eigenvalue weighted by molar-refractivity contribution is -0.155. The lowest BCUT2D eigenvalue weighted by atomic mass is 9.92. The number of ether oxygens (including phenoxy) is 2. The van der Waals surface area contributed by atoms with Crippen LogP contribution in [0.2, 0.25) is 0 Å². The standard InChI is InChI=1S/C16H21BrO4/c1-16(2,3)21-15(19)10-12(9-14(18)20-4)11-6-5-7-13(17)8-11/h5-8,12H,9-10H2,1-4H3/t12-/m1/s1. The van der Waals surface area contributed by atoms with Crippen molar-refractivity contribution in [2.24, 2.45) is 0 Å². The molecule has 0 spiro atoms. The summed E-state index contributed by atoms with van der Waals surface area (Å²) in [6.45, 7) is 5.46. The van der Waals surface area contributed by atoms with Gasteiger partial charge in [-0.05, 0) is 38.5 Å². The van der Waals surface area contributed by atoms with Crippen LogP contribution in [0.5, 0.6) is 0 Å². The van der Waals surface area contributed by atoms with E-state index in [1.165, 1.54) is 7.11 Å². The maximum atomic E-state index is 12.0. The number of benzene rings is 1. The van der Waals surface area contributed by atoms with Crippen LogP contribution in [0.15, 0.2) is 28.7 Å². The molecule has 4 nitrogen and oxygen atoms in total. The minimum absolute atomic E-state index is 0.142. The van der Waals surface area contributed by atoms with Crippen molar-refractivity contribution < 1.29 is 19.1 Å². The zero-order chi connectivity index (χ0) is 16.0. The molecule has 0 aromatic heterocycles. The summed E-state index contributed by atoms with van der Waals surface area (Å²) < 4.78 is 10.9. The van der Waals surface area contributed by atoms with Gasteiger partial charge in [-0.25, -0.2) is 0 Å². The number of carbonyl (C=O) groups excluding carboxylic acids is 2. The molecular formula is C16H21BrO4. The number of hydrogen-bond acceptors (Lipinski definition) is 4. The summed E-state index contributed by atoms with van der Waals surface area (Å²) in [5, 5.41) is 0. The maximum absolute atomic E-state index is 12.0. The molecule has 0 fully saturated rings. The summed E-state index contributed by atoms with van der Waals surface area (Å²) in [4.78, 5) is 23.6. The van der Waals surface area contributed by atoms with Crippen molar-refractivity contribution in [3.63, 3.8) is 0 Å². The first-order valence-corrected chi connectivity index (χ1v) is 7.54. The van der Waals surface area contributed by atoms with E-state index in [-0.39, 0.29) is 30.7 Å². The van der Waals surface area contributed by atoms with E-state index >= 15 is 0 Å². The molecule has 0 bridgehead atoms. The van der Waals surface area contributed by atoms with Gasteiger partial charge in [-0.15, -0.1) is 0 Å². The highest BCUT2D eigenvalue weighted by atomic mass is 79.9. The molecule has 0 N–H and O–H groups in total. The maximum Gasteiger partial charge on any atom is 0.306 e. The lowest BCUT2D eigenvalue weighted by Gasteiger charge is -2.22. The number of carbonyl (C=O) groups is 2. The van der Waals surface area contributed by atoms with Gasteiger partial charge in [0.15, 0.2) is 0 Å². The van der Waals surface area contributed by atoms with Crippen molar-refractivity contribution >= 4 is 27.9 Å². The van der Waals surface area contributed by atoms with Gasteiger partial charge in [0.2, 0.25) is 0 Å². The van der Waals surface area contributed by atoms with Crippen LogP contribution in [0.4, 0.5) is 0 Å². The molecule has 0 radical (unpaired) electrons. The molecule has 0 aliphatic rings. The summed E-state index contributed by atoms with van der Waals surface area (Å²) in [6, 6.07) is 7.56. The van der Waals surface area contributed by atoms with E-state index in [4.69, 9.17) is 9.47 Å². The van der Waals surface area contributed by atoms with Gasteiger partial charge in [-0.3, -0.25) is 9.59 Å². The molecule has 0 saturated heterocycles. The summed E-state index contributed by atoms with van der Waals surface area (Å²) in [7, 11) is 1.34. The van der Waals surface area contributed by atoms with Crippen LogP contribution in [0.25, 0.3) is 0 Å². The normalized spacial score (nSPS) is 12.6. The summed E-state index contributed by atoms with van der Waals surface area (Å²) in [5.74, 6) is -0.926. The van der Waals surface area contributed by atoms with Gasteiger partial charge in [-0.2, -0.15) is 0 Å². The number of methoxy groups -OCH3 is 1. The molecular weight excluding hydrogens is 336 g/mol. The van der Waals surface area contributed by atoms with E-state index in [2.05, 4.69) is 15.9 Å². The van der Waals surface area contributed by atoms with Crippen molar-refractivity contribution in [2.45, 2.75) is 45.1 Å². The molecule has 0 aliphatic carbocycles. The van der Waals surface area contributed by atoms with E-state index in [1.54, 1.807) is 0 Å². The average Bonchev–Trinajstić information content (AvgIpc) is 2.35. The topological polar surface area (TPSA) is 52.6 Å². The first-order chi connectivity index (χ1) is 9.71. The first kappa shape index (κ1) is 17.7. The van der Waals surface area contributed by atoms with Gasteiger partial charge in [0.25, 0.3) is 0 Å². The smallest absolute Gasteiger partial charge is 0.306 e. The molecule has 5 heteroatoms. The van der Waals surface area contributed by atoms with Crippen LogP contribution in [-0.4, -0.2) is 24.6 Å². The molecule has 116 valence electrons. The number of esters is 2. The molecule has 21 heavy (non-hydrogen) atoms. The zero-order valence-corrected chi connectivity index (χ0v) is 14.4. The van der Waals surface area contributed by atoms with Gasteiger partial charge >= 0.3 is 11.9 Å². The van der Waals surface area contributed by atoms with Crippen molar-refractivity contribution in [3.05, 3.63) is 34.3 Å². The Morgan fingerprint density at radius 2 is 1.81 bits per heavy atom. The fourth-order valence-corrected chi connectivity index (χ4v) is 2.35. The number of rotatable bonds is 5. The van der Waals surface area contributed by atoms with Crippen molar-refractivity contribution in [2.75, 3.05) is 7.11 Å². The second-order valence-electron chi connectivity index (χ2n) is 5.82. The first-order valence-electron chi connectivity index (χ1n) is 6.75. The highest BCUT2D eigenvalue weighted by Crippen LogP contribution is 2.27. The minimum atomic E-state index is -0.538. The van der Waals surface area contributed by atoms with Gasteiger partial charge in [0.1, 0.15) is 5.60 Å². The minimum Gasteiger partial charge on any atom is -0.469 e. The van der Waals surface area contributed by atoms with E-state index in [9.17, 15) is 9.59 Å². The van der Waals surface area contributed by atoms with Crippen LogP contribution in [-0.2, 0) is 19.1 Å². The lowest BCUT2D eigenvalue weighted by Crippen LogP contribution is -2.25. The average molecular weight is 357 g/mol. The summed E-state index contributed by atoms with van der Waals surface area (Å²) in [6.07, 6.45) is 0.287. The van der Waals surface area contributed by atoms with Gasteiger partial charge in [0.05, 0.1) is 20.0 Å². The second-order valence-corrected chi connectivity index (χ2v) is 6.74. The molecule has 0 unspecified atom stereocenters. The third-order valence-electron chi connectivity index (χ3n) is 2.79. The number of hydrogen-bond donors (Lipinski definition) is 0. The quantitative estimate of drug-likeness (QED) is 0.752. The third kappa shape index (κ3) is 6.76. The highest BCUT2D eigenvalue weighted by Gasteiger charge is 2.24. The second kappa shape index (κ2) is 7.59. The van der Waals surface area contributed by atoms with E-state index < -0.39 is 5.60 Å². The van der Waals surface area contributed by atoms with E-state index in [1.807, 2.05) is 45.0 Å². The third-order valence-corrected chi connectivity index (χ3v) is 3.29. The van der Waals surface area contributed by atoms with Crippen molar-refractivity contribution in [1.29, 1.82) is 0 Å². The van der Waals surface area contributed by atoms with Gasteiger partial charge < -0.3 is 9.47 Å². The Kier molecular flexibility index (Phi) is 6.40. The monoisotopic (exact) mass is 356 g/mol. The molecule has 0 amide bonds. The SMILES string of the molecule is COC(=O)C[C@H](CC(=O)OC(C)(C)C)c1cccc(Br)c1. The largest absolute Gasteiger partial charge is 0.469 e. The van der Waals surface area contributed by atoms with Gasteiger partial charge in [-0.1, -0.05) is 28.1 Å². The van der Waals surface area contributed by atoms with Crippen LogP contribution in [0.1, 0.15) is 45.1 Å². The Balaban J connectivity index is 2.87. The van der Waals surface area contributed by atoms with Crippen molar-refractivity contribution in [1.82, 2.24) is 0 Å². The fraction of sp³-hybridized carbons (Fsp3) is 0.500. The Morgan fingerprint density at radius 1 is 1.19 bits per heavy atom. The Bertz CT molecular complexity index is 505. The van der Waals surface area contributed by atoms with Crippen LogP contribution in [0, 0.1) is 0 Å². The molecule has 0 saturated carbocycles. The molecule has 1 aromatic carbocycles. The highest BCUT2D eigenvalue weighted by molar-refractivity contribution is 9.10. The zero-order valence-electron chi connectivity index (χ0n) is 12.8. The van der Waals surface area contributed by atoms with Crippen LogP contribution < -0.4 is 0 Å². The Labute approximate surface area is 133 Å². The Morgan fingerprint density at radius 3 is 2.33 bits per heavy atom. The summed E-state index contributed by atoms with van der Waals surface area (Å²) in [5.41, 5.74) is 0.366. The van der Waals surface area contributed by atoms with Gasteiger partial charge in [0, 0.05) is 10.4 Å². The predicted molar refractivity (Wildman–Crippen MR) is 84.0 cm³/mol. The van der Waals surface area contributed by atoms with E-state index in [0.29, 0.717) is 0 Å². The van der Waals surface area contributed by atoms with Crippen LogP contribution >= 0.6 is 15.9 Å². The predicted octanol–water partition coefficient (Wildman–Crippen LogP) is 3.83. The molecule has 0 heterocycles. The molecule has 1 rings (SSSR count). The Hall–Kier alpha value is -1.36. The van der Waals surface area contributed by atoms with Crippen LogP contribution in [0.3, 0.4) is 0 Å². The molecule has 0 aliphatic heterocycles. The summed E-state index contributed by atoms with van der Waals surface area (Å²) >= 11 is 3.40.